The van der Waals surface area contributed by atoms with Gasteiger partial charge in [-0.1, -0.05) is 36.4 Å². The lowest BCUT2D eigenvalue weighted by Gasteiger charge is -2.61. The van der Waals surface area contributed by atoms with Gasteiger partial charge < -0.3 is 39.4 Å². The first-order valence-corrected chi connectivity index (χ1v) is 14.5. The number of benzene rings is 2. The van der Waals surface area contributed by atoms with Crippen LogP contribution in [0.5, 0.6) is 11.5 Å². The number of nitrogens with zero attached hydrogens (tertiary/aromatic N) is 1. The van der Waals surface area contributed by atoms with E-state index in [9.17, 15) is 24.6 Å². The van der Waals surface area contributed by atoms with Crippen LogP contribution in [0, 0.1) is 0 Å². The summed E-state index contributed by atoms with van der Waals surface area (Å²) in [6, 6.07) is 12.3. The molecule has 2 bridgehead atoms. The number of amides is 1. The van der Waals surface area contributed by atoms with Gasteiger partial charge in [-0.05, 0) is 51.1 Å². The normalized spacial score (nSPS) is 28.0. The molecule has 228 valence electrons. The zero-order chi connectivity index (χ0) is 30.5. The number of rotatable bonds is 9. The summed E-state index contributed by atoms with van der Waals surface area (Å²) in [5, 5.41) is 24.2. The van der Waals surface area contributed by atoms with Crippen molar-refractivity contribution in [3.8, 4) is 11.5 Å². The average Bonchev–Trinajstić information content (AvgIpc) is 3.35. The molecule has 2 aliphatic heterocycles. The van der Waals surface area contributed by atoms with Gasteiger partial charge in [0.2, 0.25) is 12.0 Å². The number of likely N-dealkylation sites (N-methyl/N-ethyl adjacent to an activating group) is 1. The highest BCUT2D eigenvalue weighted by Crippen LogP contribution is 2.65. The topological polar surface area (TPSA) is 144 Å². The Kier molecular flexibility index (Phi) is 7.44. The van der Waals surface area contributed by atoms with Crippen molar-refractivity contribution in [1.29, 1.82) is 0 Å². The van der Waals surface area contributed by atoms with Crippen LogP contribution in [-0.2, 0) is 35.7 Å². The fraction of sp³-hybridized carbons (Fsp3) is 0.469. The van der Waals surface area contributed by atoms with Crippen LogP contribution >= 0.6 is 0 Å². The fourth-order valence-electron chi connectivity index (χ4n) is 7.26. The number of hydrogen-bond acceptors (Lipinski definition) is 10. The van der Waals surface area contributed by atoms with Gasteiger partial charge in [0, 0.05) is 30.1 Å². The monoisotopic (exact) mass is 592 g/mol. The van der Waals surface area contributed by atoms with E-state index in [-0.39, 0.29) is 31.2 Å². The lowest BCUT2D eigenvalue weighted by Crippen LogP contribution is -2.74. The molecule has 43 heavy (non-hydrogen) atoms. The molecule has 0 saturated carbocycles. The Bertz CT molecular complexity index is 1470. The molecule has 2 aromatic rings. The van der Waals surface area contributed by atoms with Crippen molar-refractivity contribution >= 4 is 17.8 Å². The molecule has 11 heteroatoms. The van der Waals surface area contributed by atoms with Crippen molar-refractivity contribution in [2.75, 3.05) is 27.2 Å². The van der Waals surface area contributed by atoms with Crippen molar-refractivity contribution in [3.63, 3.8) is 0 Å². The summed E-state index contributed by atoms with van der Waals surface area (Å²) in [6.45, 7) is 1.97. The second-order valence-corrected chi connectivity index (χ2v) is 11.7. The van der Waals surface area contributed by atoms with Crippen molar-refractivity contribution in [1.82, 2.24) is 10.2 Å². The number of hydrogen-bond donors (Lipinski definition) is 3. The van der Waals surface area contributed by atoms with Gasteiger partial charge >= 0.3 is 11.9 Å². The number of piperidine rings is 1. The molecule has 0 unspecified atom stereocenters. The SMILES string of the molecule is COc1ccc2c3c1O[C@H]1C(OC(=O)[C@@H](OC(=O)CCNC(=O)[C@H](C)O)c4ccccc4)=CC[C@@]4(O)[C@@H](C2)N(C)CC[C@]314. The summed E-state index contributed by atoms with van der Waals surface area (Å²) in [4.78, 5) is 40.3. The van der Waals surface area contributed by atoms with Crippen LogP contribution in [0.1, 0.15) is 49.0 Å². The van der Waals surface area contributed by atoms with Crippen molar-refractivity contribution in [2.45, 2.75) is 68.0 Å². The lowest BCUT2D eigenvalue weighted by molar-refractivity contribution is -0.176. The quantitative estimate of drug-likeness (QED) is 0.368. The summed E-state index contributed by atoms with van der Waals surface area (Å²) >= 11 is 0. The second-order valence-electron chi connectivity index (χ2n) is 11.7. The molecule has 1 saturated heterocycles. The Morgan fingerprint density at radius 2 is 1.95 bits per heavy atom. The maximum atomic E-state index is 13.8. The highest BCUT2D eigenvalue weighted by molar-refractivity contribution is 5.83. The Morgan fingerprint density at radius 1 is 1.19 bits per heavy atom. The van der Waals surface area contributed by atoms with E-state index in [1.165, 1.54) is 6.92 Å². The van der Waals surface area contributed by atoms with E-state index in [1.807, 2.05) is 19.2 Å². The number of carbonyl (C=O) groups excluding carboxylic acids is 3. The molecule has 0 aromatic heterocycles. The zero-order valence-corrected chi connectivity index (χ0v) is 24.4. The number of carbonyl (C=O) groups is 3. The molecule has 1 spiro atoms. The van der Waals surface area contributed by atoms with Gasteiger partial charge in [0.1, 0.15) is 11.9 Å². The molecule has 1 fully saturated rings. The molecule has 6 atom stereocenters. The van der Waals surface area contributed by atoms with Crippen LogP contribution in [0.2, 0.25) is 0 Å². The van der Waals surface area contributed by atoms with Crippen LogP contribution in [0.3, 0.4) is 0 Å². The molecular formula is C32H36N2O9. The zero-order valence-electron chi connectivity index (χ0n) is 24.4. The molecule has 0 radical (unpaired) electrons. The van der Waals surface area contributed by atoms with Gasteiger partial charge in [-0.3, -0.25) is 9.59 Å². The predicted octanol–water partition coefficient (Wildman–Crippen LogP) is 1.69. The minimum atomic E-state index is -1.38. The highest BCUT2D eigenvalue weighted by Gasteiger charge is 2.72. The van der Waals surface area contributed by atoms with E-state index in [2.05, 4.69) is 10.2 Å². The van der Waals surface area contributed by atoms with E-state index < -0.39 is 47.2 Å². The van der Waals surface area contributed by atoms with Crippen LogP contribution in [0.4, 0.5) is 0 Å². The number of nitrogens with one attached hydrogen (secondary N) is 1. The number of ether oxygens (including phenoxy) is 4. The maximum Gasteiger partial charge on any atom is 0.357 e. The molecule has 2 aliphatic carbocycles. The molecule has 3 N–H and O–H groups in total. The van der Waals surface area contributed by atoms with E-state index >= 15 is 0 Å². The first-order chi connectivity index (χ1) is 20.6. The van der Waals surface area contributed by atoms with Crippen LogP contribution < -0.4 is 14.8 Å². The van der Waals surface area contributed by atoms with Crippen LogP contribution in [-0.4, -0.2) is 84.1 Å². The van der Waals surface area contributed by atoms with E-state index in [0.717, 1.165) is 17.7 Å². The highest BCUT2D eigenvalue weighted by atomic mass is 16.6. The number of methoxy groups -OCH3 is 1. The molecule has 1 amide bonds. The van der Waals surface area contributed by atoms with Gasteiger partial charge in [0.05, 0.1) is 24.5 Å². The third-order valence-electron chi connectivity index (χ3n) is 9.35. The Balaban J connectivity index is 1.29. The van der Waals surface area contributed by atoms with Gasteiger partial charge in [-0.2, -0.15) is 0 Å². The largest absolute Gasteiger partial charge is 0.493 e. The van der Waals surface area contributed by atoms with Crippen LogP contribution in [0.25, 0.3) is 0 Å². The first-order valence-electron chi connectivity index (χ1n) is 14.5. The average molecular weight is 593 g/mol. The molecule has 11 nitrogen and oxygen atoms in total. The van der Waals surface area contributed by atoms with Gasteiger partial charge in [0.25, 0.3) is 0 Å². The Hall–Kier alpha value is -3.93. The molecule has 4 aliphatic rings. The minimum absolute atomic E-state index is 0.0701. The summed E-state index contributed by atoms with van der Waals surface area (Å²) < 4.78 is 23.8. The lowest BCUT2D eigenvalue weighted by atomic mass is 9.50. The maximum absolute atomic E-state index is 13.8. The smallest absolute Gasteiger partial charge is 0.357 e. The number of aliphatic hydroxyl groups is 2. The Labute approximate surface area is 249 Å². The summed E-state index contributed by atoms with van der Waals surface area (Å²) in [7, 11) is 3.59. The number of aliphatic hydroxyl groups excluding tert-OH is 1. The third kappa shape index (κ3) is 4.57. The van der Waals surface area contributed by atoms with Crippen molar-refractivity contribution in [3.05, 3.63) is 71.0 Å². The second kappa shape index (κ2) is 11.0. The fourth-order valence-corrected chi connectivity index (χ4v) is 7.26. The van der Waals surface area contributed by atoms with E-state index in [0.29, 0.717) is 29.9 Å². The predicted molar refractivity (Wildman–Crippen MR) is 152 cm³/mol. The van der Waals surface area contributed by atoms with Crippen LogP contribution in [0.15, 0.2) is 54.3 Å². The summed E-state index contributed by atoms with van der Waals surface area (Å²) in [6.07, 6.45) is -0.404. The van der Waals surface area contributed by atoms with Crippen molar-refractivity contribution in [2.24, 2.45) is 0 Å². The molecule has 6 rings (SSSR count). The standard InChI is InChI=1S/C32H36N2O9/c1-18(35)29(37)33-15-12-24(36)42-26(19-7-5-4-6-8-19)30(38)41-22-11-13-32(39)23-17-20-9-10-21(40-3)27-25(20)31(32,28(22)43-27)14-16-34(23)2/h4-11,18,23,26,28,35,39H,12-17H2,1-3H3,(H,33,37)/t18-,23+,26-,28-,31-,32+/m0/s1. The summed E-state index contributed by atoms with van der Waals surface area (Å²) in [5.41, 5.74) is 0.387. The number of likely N-dealkylation sites (tertiary alicyclic amines) is 1. The number of esters is 2. The molecule has 2 aromatic carbocycles. The third-order valence-corrected chi connectivity index (χ3v) is 9.35. The van der Waals surface area contributed by atoms with Gasteiger partial charge in [0.15, 0.2) is 17.6 Å². The summed E-state index contributed by atoms with van der Waals surface area (Å²) in [5.74, 6) is -0.802. The van der Waals surface area contributed by atoms with Gasteiger partial charge in [-0.25, -0.2) is 4.79 Å². The first kappa shape index (κ1) is 29.2. The Morgan fingerprint density at radius 3 is 2.67 bits per heavy atom. The van der Waals surface area contributed by atoms with Crippen molar-refractivity contribution < 1.29 is 43.5 Å². The van der Waals surface area contributed by atoms with E-state index in [1.54, 1.807) is 43.5 Å². The van der Waals surface area contributed by atoms with E-state index in [4.69, 9.17) is 18.9 Å². The molecule has 2 heterocycles. The molecular weight excluding hydrogens is 556 g/mol. The van der Waals surface area contributed by atoms with Gasteiger partial charge in [-0.15, -0.1) is 0 Å². The minimum Gasteiger partial charge on any atom is -0.493 e.